The third-order valence-electron chi connectivity index (χ3n) is 1.98. The maximum Gasteiger partial charge on any atom is 0.274 e. The van der Waals surface area contributed by atoms with E-state index in [1.807, 2.05) is 0 Å². The first kappa shape index (κ1) is 10.8. The smallest absolute Gasteiger partial charge is 0.274 e. The standard InChI is InChI=1S/C9H9N3O3S/c1-10-16(13,14)9-7(2-5-15-9)8-6-11-3-4-12-8/h2-6,10H,1H3. The van der Waals surface area contributed by atoms with Gasteiger partial charge in [0.15, 0.2) is 0 Å². The predicted molar refractivity (Wildman–Crippen MR) is 56.0 cm³/mol. The second kappa shape index (κ2) is 4.03. The van der Waals surface area contributed by atoms with E-state index in [9.17, 15) is 8.42 Å². The topological polar surface area (TPSA) is 85.1 Å². The minimum Gasteiger partial charge on any atom is -0.451 e. The third kappa shape index (κ3) is 1.82. The molecule has 0 unspecified atom stereocenters. The van der Waals surface area contributed by atoms with Gasteiger partial charge in [-0.3, -0.25) is 9.97 Å². The highest BCUT2D eigenvalue weighted by atomic mass is 32.2. The monoisotopic (exact) mass is 239 g/mol. The van der Waals surface area contributed by atoms with Crippen LogP contribution >= 0.6 is 0 Å². The van der Waals surface area contributed by atoms with Crippen LogP contribution in [0.2, 0.25) is 0 Å². The van der Waals surface area contributed by atoms with Crippen LogP contribution in [0, 0.1) is 0 Å². The van der Waals surface area contributed by atoms with E-state index < -0.39 is 10.0 Å². The number of nitrogens with one attached hydrogen (secondary N) is 1. The zero-order valence-corrected chi connectivity index (χ0v) is 9.23. The Balaban J connectivity index is 2.58. The quantitative estimate of drug-likeness (QED) is 0.849. The maximum atomic E-state index is 11.6. The van der Waals surface area contributed by atoms with Crippen LogP contribution in [-0.4, -0.2) is 25.4 Å². The molecule has 84 valence electrons. The van der Waals surface area contributed by atoms with Crippen molar-refractivity contribution >= 4 is 10.0 Å². The summed E-state index contributed by atoms with van der Waals surface area (Å²) in [4.78, 5) is 7.89. The highest BCUT2D eigenvalue weighted by Crippen LogP contribution is 2.25. The largest absolute Gasteiger partial charge is 0.451 e. The second-order valence-corrected chi connectivity index (χ2v) is 4.71. The molecule has 2 heterocycles. The van der Waals surface area contributed by atoms with Gasteiger partial charge in [-0.25, -0.2) is 13.1 Å². The molecule has 0 atom stereocenters. The molecule has 0 aliphatic heterocycles. The zero-order valence-electron chi connectivity index (χ0n) is 8.41. The molecule has 2 aromatic heterocycles. The van der Waals surface area contributed by atoms with Crippen molar-refractivity contribution in [3.63, 3.8) is 0 Å². The minimum absolute atomic E-state index is 0.157. The molecule has 1 N–H and O–H groups in total. The van der Waals surface area contributed by atoms with Crippen molar-refractivity contribution < 1.29 is 12.8 Å². The van der Waals surface area contributed by atoms with Crippen molar-refractivity contribution in [1.82, 2.24) is 14.7 Å². The SMILES string of the molecule is CNS(=O)(=O)c1occc1-c1cnccn1. The van der Waals surface area contributed by atoms with Gasteiger partial charge in [-0.2, -0.15) is 0 Å². The molecule has 16 heavy (non-hydrogen) atoms. The average Bonchev–Trinajstić information content (AvgIpc) is 2.80. The molecule has 6 nitrogen and oxygen atoms in total. The van der Waals surface area contributed by atoms with Crippen molar-refractivity contribution in [2.75, 3.05) is 7.05 Å². The summed E-state index contributed by atoms with van der Waals surface area (Å²) < 4.78 is 30.3. The Morgan fingerprint density at radius 1 is 1.38 bits per heavy atom. The molecule has 0 bridgehead atoms. The molecule has 0 aliphatic rings. The lowest BCUT2D eigenvalue weighted by atomic mass is 10.2. The molecule has 0 saturated heterocycles. The minimum atomic E-state index is -3.62. The van der Waals surface area contributed by atoms with Crippen LogP contribution in [0.1, 0.15) is 0 Å². The molecular weight excluding hydrogens is 230 g/mol. The van der Waals surface area contributed by atoms with Gasteiger partial charge >= 0.3 is 0 Å². The first-order chi connectivity index (χ1) is 7.65. The van der Waals surface area contributed by atoms with Crippen LogP contribution in [0.25, 0.3) is 11.3 Å². The molecule has 0 fully saturated rings. The molecule has 7 heteroatoms. The van der Waals surface area contributed by atoms with Gasteiger partial charge in [-0.15, -0.1) is 0 Å². The van der Waals surface area contributed by atoms with Gasteiger partial charge in [0.25, 0.3) is 10.0 Å². The molecule has 2 rings (SSSR count). The van der Waals surface area contributed by atoms with Gasteiger partial charge in [0.05, 0.1) is 23.7 Å². The van der Waals surface area contributed by atoms with Crippen LogP contribution in [0.15, 0.2) is 40.4 Å². The Morgan fingerprint density at radius 3 is 2.81 bits per heavy atom. The van der Waals surface area contributed by atoms with Gasteiger partial charge in [0.1, 0.15) is 0 Å². The van der Waals surface area contributed by atoms with Crippen molar-refractivity contribution in [2.45, 2.75) is 5.09 Å². The van der Waals surface area contributed by atoms with E-state index in [1.165, 1.54) is 38.0 Å². The molecule has 2 aromatic rings. The fraction of sp³-hybridized carbons (Fsp3) is 0.111. The first-order valence-corrected chi connectivity index (χ1v) is 5.91. The lowest BCUT2D eigenvalue weighted by Gasteiger charge is -2.01. The molecule has 0 radical (unpaired) electrons. The lowest BCUT2D eigenvalue weighted by molar-refractivity contribution is 0.449. The van der Waals surface area contributed by atoms with Crippen molar-refractivity contribution in [3.8, 4) is 11.3 Å². The fourth-order valence-electron chi connectivity index (χ4n) is 1.22. The summed E-state index contributed by atoms with van der Waals surface area (Å²) in [6.07, 6.45) is 5.77. The number of furan rings is 1. The summed E-state index contributed by atoms with van der Waals surface area (Å²) in [7, 11) is -2.30. The summed E-state index contributed by atoms with van der Waals surface area (Å²) >= 11 is 0. The summed E-state index contributed by atoms with van der Waals surface area (Å²) in [5, 5.41) is -0.157. The normalized spacial score (nSPS) is 11.6. The Hall–Kier alpha value is -1.73. The highest BCUT2D eigenvalue weighted by molar-refractivity contribution is 7.89. The molecule has 0 saturated carbocycles. The number of nitrogens with zero attached hydrogens (tertiary/aromatic N) is 2. The summed E-state index contributed by atoms with van der Waals surface area (Å²) in [6.45, 7) is 0. The van der Waals surface area contributed by atoms with Gasteiger partial charge in [0.2, 0.25) is 5.09 Å². The van der Waals surface area contributed by atoms with E-state index in [2.05, 4.69) is 14.7 Å². The lowest BCUT2D eigenvalue weighted by Crippen LogP contribution is -2.18. The summed E-state index contributed by atoms with van der Waals surface area (Å²) in [5.41, 5.74) is 0.840. The summed E-state index contributed by atoms with van der Waals surface area (Å²) in [5.74, 6) is 0. The maximum absolute atomic E-state index is 11.6. The Morgan fingerprint density at radius 2 is 2.19 bits per heavy atom. The molecular formula is C9H9N3O3S. The predicted octanol–water partition coefficient (Wildman–Crippen LogP) is 0.645. The fourth-order valence-corrected chi connectivity index (χ4v) is 2.05. The van der Waals surface area contributed by atoms with E-state index in [-0.39, 0.29) is 5.09 Å². The zero-order chi connectivity index (χ0) is 11.6. The van der Waals surface area contributed by atoms with Gasteiger partial charge in [0, 0.05) is 12.4 Å². The number of sulfonamides is 1. The third-order valence-corrected chi connectivity index (χ3v) is 3.32. The average molecular weight is 239 g/mol. The molecule has 0 aromatic carbocycles. The second-order valence-electron chi connectivity index (χ2n) is 2.92. The summed E-state index contributed by atoms with van der Waals surface area (Å²) in [6, 6.07) is 1.54. The van der Waals surface area contributed by atoms with E-state index in [4.69, 9.17) is 4.42 Å². The molecule has 0 aliphatic carbocycles. The van der Waals surface area contributed by atoms with E-state index in [0.717, 1.165) is 0 Å². The van der Waals surface area contributed by atoms with Crippen LogP contribution in [0.5, 0.6) is 0 Å². The van der Waals surface area contributed by atoms with Gasteiger partial charge in [-0.05, 0) is 13.1 Å². The molecule has 0 spiro atoms. The number of rotatable bonds is 3. The number of hydrogen-bond acceptors (Lipinski definition) is 5. The first-order valence-electron chi connectivity index (χ1n) is 4.42. The van der Waals surface area contributed by atoms with Crippen LogP contribution in [-0.2, 0) is 10.0 Å². The van der Waals surface area contributed by atoms with Crippen molar-refractivity contribution in [1.29, 1.82) is 0 Å². The Labute approximate surface area is 92.4 Å². The van der Waals surface area contributed by atoms with Gasteiger partial charge < -0.3 is 4.42 Å². The van der Waals surface area contributed by atoms with Crippen LogP contribution < -0.4 is 4.72 Å². The van der Waals surface area contributed by atoms with E-state index in [0.29, 0.717) is 11.3 Å². The van der Waals surface area contributed by atoms with Crippen LogP contribution in [0.4, 0.5) is 0 Å². The van der Waals surface area contributed by atoms with Crippen molar-refractivity contribution in [2.24, 2.45) is 0 Å². The number of hydrogen-bond donors (Lipinski definition) is 1. The Bertz CT molecular complexity index is 577. The van der Waals surface area contributed by atoms with Crippen LogP contribution in [0.3, 0.4) is 0 Å². The molecule has 0 amide bonds. The van der Waals surface area contributed by atoms with E-state index >= 15 is 0 Å². The number of aromatic nitrogens is 2. The van der Waals surface area contributed by atoms with Gasteiger partial charge in [-0.1, -0.05) is 0 Å². The van der Waals surface area contributed by atoms with E-state index in [1.54, 1.807) is 0 Å². The highest BCUT2D eigenvalue weighted by Gasteiger charge is 2.22. The Kier molecular flexibility index (Phi) is 2.71. The van der Waals surface area contributed by atoms with Crippen molar-refractivity contribution in [3.05, 3.63) is 30.9 Å².